The Morgan fingerprint density at radius 3 is 1.97 bits per heavy atom. The third-order valence-corrected chi connectivity index (χ3v) is 5.09. The Hall–Kier alpha value is -3.70. The van der Waals surface area contributed by atoms with Gasteiger partial charge >= 0.3 is 24.2 Å². The number of nitrogens with one attached hydrogen (secondary N) is 1. The molecule has 12 heteroatoms. The van der Waals surface area contributed by atoms with Crippen molar-refractivity contribution >= 4 is 18.0 Å². The molecule has 0 saturated heterocycles. The topological polar surface area (TPSA) is 95.9 Å². The number of carbonyl (C=O) groups is 3. The first-order chi connectivity index (χ1) is 15.9. The molecule has 0 atom stereocenters. The standard InChI is InChI=1S/C22H19F5N2O5/c23-21(24,19(32)29(9-18(30)31)12-22(25,26)27)11-28-20(33)34-10-17-15-7-3-1-5-13(15)14-6-2-4-8-16(14)17/h1-8,17H,9-12H2,(H,28,33)(H,30,31). The van der Waals surface area contributed by atoms with Crippen molar-refractivity contribution in [2.75, 3.05) is 26.2 Å². The molecule has 1 aliphatic carbocycles. The fraction of sp³-hybridized carbons (Fsp3) is 0.318. The van der Waals surface area contributed by atoms with Gasteiger partial charge in [-0.1, -0.05) is 48.5 Å². The SMILES string of the molecule is O=C(O)CN(CC(F)(F)F)C(=O)C(F)(F)CNC(=O)OCC1c2ccccc2-c2ccccc21. The van der Waals surface area contributed by atoms with E-state index >= 15 is 0 Å². The van der Waals surface area contributed by atoms with Gasteiger partial charge in [-0.3, -0.25) is 9.59 Å². The molecule has 0 unspecified atom stereocenters. The third kappa shape index (κ3) is 5.80. The van der Waals surface area contributed by atoms with Crippen molar-refractivity contribution in [2.24, 2.45) is 0 Å². The molecule has 2 amide bonds. The Balaban J connectivity index is 1.61. The number of halogens is 5. The summed E-state index contributed by atoms with van der Waals surface area (Å²) in [5, 5.41) is 10.3. The highest BCUT2D eigenvalue weighted by Crippen LogP contribution is 2.44. The van der Waals surface area contributed by atoms with Crippen molar-refractivity contribution in [1.29, 1.82) is 0 Å². The van der Waals surface area contributed by atoms with E-state index in [1.165, 1.54) is 0 Å². The molecule has 3 rings (SSSR count). The van der Waals surface area contributed by atoms with Crippen LogP contribution < -0.4 is 5.32 Å². The lowest BCUT2D eigenvalue weighted by Crippen LogP contribution is -2.53. The van der Waals surface area contributed by atoms with E-state index in [1.54, 1.807) is 17.4 Å². The average Bonchev–Trinajstić information content (AvgIpc) is 3.08. The van der Waals surface area contributed by atoms with Crippen LogP contribution in [0.15, 0.2) is 48.5 Å². The number of hydrogen-bond donors (Lipinski definition) is 2. The van der Waals surface area contributed by atoms with E-state index in [0.717, 1.165) is 22.3 Å². The highest BCUT2D eigenvalue weighted by Gasteiger charge is 2.46. The van der Waals surface area contributed by atoms with E-state index < -0.39 is 54.6 Å². The van der Waals surface area contributed by atoms with Crippen molar-refractivity contribution in [1.82, 2.24) is 10.2 Å². The van der Waals surface area contributed by atoms with Crippen LogP contribution >= 0.6 is 0 Å². The molecule has 0 spiro atoms. The molecule has 0 aliphatic heterocycles. The van der Waals surface area contributed by atoms with E-state index in [2.05, 4.69) is 0 Å². The van der Waals surface area contributed by atoms with Gasteiger partial charge < -0.3 is 20.1 Å². The highest BCUT2D eigenvalue weighted by molar-refractivity contribution is 5.87. The fourth-order valence-electron chi connectivity index (χ4n) is 3.72. The first kappa shape index (κ1) is 24.9. The van der Waals surface area contributed by atoms with Crippen LogP contribution in [-0.4, -0.2) is 66.3 Å². The summed E-state index contributed by atoms with van der Waals surface area (Å²) in [5.41, 5.74) is 3.61. The Morgan fingerprint density at radius 2 is 1.47 bits per heavy atom. The van der Waals surface area contributed by atoms with Crippen molar-refractivity contribution < 1.29 is 46.2 Å². The van der Waals surface area contributed by atoms with Crippen LogP contribution in [0, 0.1) is 0 Å². The number of benzene rings is 2. The Morgan fingerprint density at radius 1 is 0.941 bits per heavy atom. The molecule has 0 aromatic heterocycles. The fourth-order valence-corrected chi connectivity index (χ4v) is 3.72. The smallest absolute Gasteiger partial charge is 0.407 e. The van der Waals surface area contributed by atoms with Gasteiger partial charge in [0.2, 0.25) is 0 Å². The quantitative estimate of drug-likeness (QED) is 0.556. The maximum absolute atomic E-state index is 14.2. The Kier molecular flexibility index (Phi) is 7.08. The molecule has 182 valence electrons. The number of alkyl halides is 5. The number of hydrogen-bond acceptors (Lipinski definition) is 4. The zero-order chi connectivity index (χ0) is 25.1. The van der Waals surface area contributed by atoms with Gasteiger partial charge in [-0.25, -0.2) is 4.79 Å². The van der Waals surface area contributed by atoms with Gasteiger partial charge in [-0.15, -0.1) is 0 Å². The molecule has 0 bridgehead atoms. The Labute approximate surface area is 190 Å². The van der Waals surface area contributed by atoms with Crippen molar-refractivity contribution in [2.45, 2.75) is 18.0 Å². The van der Waals surface area contributed by atoms with E-state index in [-0.39, 0.29) is 12.5 Å². The summed E-state index contributed by atoms with van der Waals surface area (Å²) in [6, 6.07) is 14.8. The summed E-state index contributed by atoms with van der Waals surface area (Å²) >= 11 is 0. The van der Waals surface area contributed by atoms with Crippen LogP contribution in [0.3, 0.4) is 0 Å². The Bertz CT molecular complexity index is 1040. The molecule has 0 fully saturated rings. The number of alkyl carbamates (subject to hydrolysis) is 1. The summed E-state index contributed by atoms with van der Waals surface area (Å²) in [4.78, 5) is 34.0. The number of carboxylic acid groups (broad SMARTS) is 1. The molecule has 34 heavy (non-hydrogen) atoms. The molecule has 0 saturated carbocycles. The molecule has 2 aromatic rings. The molecule has 2 N–H and O–H groups in total. The number of rotatable bonds is 8. The van der Waals surface area contributed by atoms with Crippen LogP contribution in [0.1, 0.15) is 17.0 Å². The molecule has 0 heterocycles. The number of carbonyl (C=O) groups excluding carboxylic acids is 2. The molecular formula is C22H19F5N2O5. The second-order valence-corrected chi connectivity index (χ2v) is 7.55. The number of fused-ring (bicyclic) bond motifs is 3. The maximum atomic E-state index is 14.2. The van der Waals surface area contributed by atoms with Crippen molar-refractivity contribution in [3.63, 3.8) is 0 Å². The lowest BCUT2D eigenvalue weighted by Gasteiger charge is -2.26. The molecular weight excluding hydrogens is 467 g/mol. The largest absolute Gasteiger partial charge is 0.480 e. The van der Waals surface area contributed by atoms with Gasteiger partial charge in [0.25, 0.3) is 5.91 Å². The predicted molar refractivity (Wildman–Crippen MR) is 108 cm³/mol. The minimum Gasteiger partial charge on any atom is -0.480 e. The van der Waals surface area contributed by atoms with Crippen molar-refractivity contribution in [3.05, 3.63) is 59.7 Å². The van der Waals surface area contributed by atoms with E-state index in [1.807, 2.05) is 36.4 Å². The lowest BCUT2D eigenvalue weighted by atomic mass is 9.98. The van der Waals surface area contributed by atoms with Crippen molar-refractivity contribution in [3.8, 4) is 11.1 Å². The summed E-state index contributed by atoms with van der Waals surface area (Å²) in [5.74, 6) is -9.14. The summed E-state index contributed by atoms with van der Waals surface area (Å²) < 4.78 is 71.0. The van der Waals surface area contributed by atoms with Gasteiger partial charge in [-0.2, -0.15) is 22.0 Å². The molecule has 0 radical (unpaired) electrons. The van der Waals surface area contributed by atoms with Crippen LogP contribution in [0.25, 0.3) is 11.1 Å². The highest BCUT2D eigenvalue weighted by atomic mass is 19.4. The minimum absolute atomic E-state index is 0.210. The first-order valence-electron chi connectivity index (χ1n) is 9.93. The average molecular weight is 486 g/mol. The minimum atomic E-state index is -5.10. The van der Waals surface area contributed by atoms with E-state index in [4.69, 9.17) is 9.84 Å². The second-order valence-electron chi connectivity index (χ2n) is 7.55. The maximum Gasteiger partial charge on any atom is 0.407 e. The van der Waals surface area contributed by atoms with Crippen LogP contribution in [-0.2, 0) is 14.3 Å². The summed E-state index contributed by atoms with van der Waals surface area (Å²) in [6.45, 7) is -5.65. The van der Waals surface area contributed by atoms with Gasteiger partial charge in [0.1, 0.15) is 19.7 Å². The summed E-state index contributed by atoms with van der Waals surface area (Å²) in [6.07, 6.45) is -6.41. The van der Waals surface area contributed by atoms with E-state index in [0.29, 0.717) is 0 Å². The monoisotopic (exact) mass is 486 g/mol. The zero-order valence-corrected chi connectivity index (χ0v) is 17.4. The number of aliphatic carboxylic acids is 1. The zero-order valence-electron chi connectivity index (χ0n) is 17.4. The van der Waals surface area contributed by atoms with Crippen LogP contribution in [0.2, 0.25) is 0 Å². The number of ether oxygens (including phenoxy) is 1. The van der Waals surface area contributed by atoms with Crippen LogP contribution in [0.4, 0.5) is 26.7 Å². The second kappa shape index (κ2) is 9.65. The number of amides is 2. The summed E-state index contributed by atoms with van der Waals surface area (Å²) in [7, 11) is 0. The normalized spacial score (nSPS) is 13.1. The molecule has 2 aromatic carbocycles. The molecule has 1 aliphatic rings. The first-order valence-corrected chi connectivity index (χ1v) is 9.93. The van der Waals surface area contributed by atoms with Gasteiger partial charge in [-0.05, 0) is 22.3 Å². The molecule has 7 nitrogen and oxygen atoms in total. The van der Waals surface area contributed by atoms with Gasteiger partial charge in [0.15, 0.2) is 0 Å². The van der Waals surface area contributed by atoms with Gasteiger partial charge in [0.05, 0.1) is 6.54 Å². The third-order valence-electron chi connectivity index (χ3n) is 5.09. The van der Waals surface area contributed by atoms with Crippen LogP contribution in [0.5, 0.6) is 0 Å². The number of carboxylic acids is 1. The lowest BCUT2D eigenvalue weighted by molar-refractivity contribution is -0.179. The predicted octanol–water partition coefficient (Wildman–Crippen LogP) is 3.64. The number of nitrogens with zero attached hydrogens (tertiary/aromatic N) is 1. The van der Waals surface area contributed by atoms with E-state index in [9.17, 15) is 36.3 Å². The van der Waals surface area contributed by atoms with Gasteiger partial charge in [0, 0.05) is 5.92 Å².